The van der Waals surface area contributed by atoms with Crippen molar-refractivity contribution in [2.24, 2.45) is 23.5 Å². The van der Waals surface area contributed by atoms with Gasteiger partial charge < -0.3 is 10.5 Å². The molecule has 0 aromatic carbocycles. The molecule has 0 amide bonds. The van der Waals surface area contributed by atoms with E-state index in [2.05, 4.69) is 4.74 Å². The highest BCUT2D eigenvalue weighted by atomic mass is 19.3. The van der Waals surface area contributed by atoms with Crippen LogP contribution in [0.3, 0.4) is 0 Å². The smallest absolute Gasteiger partial charge is 0.328 e. The van der Waals surface area contributed by atoms with Gasteiger partial charge in [0, 0.05) is 18.9 Å². The SMILES string of the molecule is NC1CCC(C2CC(F)C(C(F)(F)OC3CC(F)C(F)C(F)C3)C(F)C2)CC1. The molecule has 3 fully saturated rings. The van der Waals surface area contributed by atoms with Gasteiger partial charge in [0.05, 0.1) is 6.10 Å². The summed E-state index contributed by atoms with van der Waals surface area (Å²) in [7, 11) is 0. The van der Waals surface area contributed by atoms with Crippen LogP contribution in [0.1, 0.15) is 51.4 Å². The summed E-state index contributed by atoms with van der Waals surface area (Å²) in [6.07, 6.45) is -16.0. The molecule has 164 valence electrons. The molecule has 0 radical (unpaired) electrons. The Morgan fingerprint density at radius 1 is 0.679 bits per heavy atom. The summed E-state index contributed by atoms with van der Waals surface area (Å²) in [6.45, 7) is 0. The van der Waals surface area contributed by atoms with Crippen molar-refractivity contribution in [3.8, 4) is 0 Å². The predicted octanol–water partition coefficient (Wildman–Crippen LogP) is 4.99. The fourth-order valence-corrected chi connectivity index (χ4v) is 5.10. The standard InChI is InChI=1S/C19H28F7NO/c20-13-5-10(9-1-3-11(27)4-2-9)6-14(21)17(13)19(25,26)28-12-7-15(22)18(24)16(23)8-12/h9-18H,1-8,27H2. The highest BCUT2D eigenvalue weighted by Crippen LogP contribution is 2.48. The molecule has 2 N–H and O–H groups in total. The Hall–Kier alpha value is -0.570. The Bertz CT molecular complexity index is 493. The van der Waals surface area contributed by atoms with Gasteiger partial charge in [0.15, 0.2) is 6.17 Å². The van der Waals surface area contributed by atoms with E-state index in [1.54, 1.807) is 0 Å². The van der Waals surface area contributed by atoms with E-state index in [9.17, 15) is 30.7 Å². The van der Waals surface area contributed by atoms with Crippen LogP contribution < -0.4 is 5.73 Å². The second kappa shape index (κ2) is 8.66. The average molecular weight is 419 g/mol. The van der Waals surface area contributed by atoms with Gasteiger partial charge in [-0.3, -0.25) is 0 Å². The lowest BCUT2D eigenvalue weighted by Gasteiger charge is -2.43. The molecule has 4 atom stereocenters. The Labute approximate surface area is 160 Å². The molecular weight excluding hydrogens is 391 g/mol. The van der Waals surface area contributed by atoms with Crippen LogP contribution in [0.25, 0.3) is 0 Å². The molecule has 0 heterocycles. The van der Waals surface area contributed by atoms with E-state index in [1.807, 2.05) is 0 Å². The highest BCUT2D eigenvalue weighted by Gasteiger charge is 2.56. The van der Waals surface area contributed by atoms with E-state index in [0.717, 1.165) is 25.7 Å². The summed E-state index contributed by atoms with van der Waals surface area (Å²) in [5.41, 5.74) is 5.84. The number of ether oxygens (including phenoxy) is 1. The zero-order valence-electron chi connectivity index (χ0n) is 15.6. The van der Waals surface area contributed by atoms with E-state index in [1.165, 1.54) is 0 Å². The minimum atomic E-state index is -4.22. The minimum absolute atomic E-state index is 0.0613. The minimum Gasteiger partial charge on any atom is -0.328 e. The Morgan fingerprint density at radius 2 is 1.18 bits per heavy atom. The fourth-order valence-electron chi connectivity index (χ4n) is 5.10. The molecule has 2 nitrogen and oxygen atoms in total. The van der Waals surface area contributed by atoms with Crippen LogP contribution >= 0.6 is 0 Å². The normalized spacial score (nSPS) is 48.4. The van der Waals surface area contributed by atoms with Crippen molar-refractivity contribution in [3.05, 3.63) is 0 Å². The second-order valence-electron chi connectivity index (χ2n) is 8.71. The van der Waals surface area contributed by atoms with Gasteiger partial charge in [-0.2, -0.15) is 8.78 Å². The highest BCUT2D eigenvalue weighted by molar-refractivity contribution is 4.95. The molecule has 0 aliphatic heterocycles. The van der Waals surface area contributed by atoms with Gasteiger partial charge in [0.2, 0.25) is 0 Å². The Morgan fingerprint density at radius 3 is 1.68 bits per heavy atom. The monoisotopic (exact) mass is 419 g/mol. The van der Waals surface area contributed by atoms with Crippen LogP contribution in [0, 0.1) is 17.8 Å². The van der Waals surface area contributed by atoms with Crippen LogP contribution in [0.4, 0.5) is 30.7 Å². The lowest BCUT2D eigenvalue weighted by molar-refractivity contribution is -0.323. The van der Waals surface area contributed by atoms with Crippen LogP contribution in [-0.2, 0) is 4.74 Å². The third-order valence-corrected chi connectivity index (χ3v) is 6.70. The first-order valence-corrected chi connectivity index (χ1v) is 10.1. The third kappa shape index (κ3) is 4.77. The van der Waals surface area contributed by atoms with Crippen LogP contribution in [0.5, 0.6) is 0 Å². The van der Waals surface area contributed by atoms with Crippen molar-refractivity contribution in [1.29, 1.82) is 0 Å². The summed E-state index contributed by atoms with van der Waals surface area (Å²) in [5, 5.41) is 0. The summed E-state index contributed by atoms with van der Waals surface area (Å²) < 4.78 is 103. The fraction of sp³-hybridized carbons (Fsp3) is 1.00. The van der Waals surface area contributed by atoms with Crippen molar-refractivity contribution in [3.63, 3.8) is 0 Å². The van der Waals surface area contributed by atoms with E-state index in [-0.39, 0.29) is 30.7 Å². The van der Waals surface area contributed by atoms with Gasteiger partial charge >= 0.3 is 6.11 Å². The van der Waals surface area contributed by atoms with Crippen molar-refractivity contribution < 1.29 is 35.5 Å². The molecule has 0 spiro atoms. The third-order valence-electron chi connectivity index (χ3n) is 6.70. The van der Waals surface area contributed by atoms with Gasteiger partial charge in [-0.05, 0) is 50.4 Å². The van der Waals surface area contributed by atoms with Crippen LogP contribution in [-0.4, -0.2) is 49.1 Å². The number of halogens is 7. The zero-order valence-corrected chi connectivity index (χ0v) is 15.6. The van der Waals surface area contributed by atoms with E-state index in [4.69, 9.17) is 5.73 Å². The van der Waals surface area contributed by atoms with E-state index in [0.29, 0.717) is 0 Å². The Balaban J connectivity index is 1.61. The topological polar surface area (TPSA) is 35.2 Å². The van der Waals surface area contributed by atoms with E-state index < -0.39 is 61.8 Å². The number of nitrogens with two attached hydrogens (primary N) is 1. The molecule has 3 aliphatic carbocycles. The molecule has 4 unspecified atom stereocenters. The molecule has 3 aliphatic rings. The van der Waals surface area contributed by atoms with Gasteiger partial charge in [-0.1, -0.05) is 0 Å². The molecule has 0 aromatic heterocycles. The van der Waals surface area contributed by atoms with E-state index >= 15 is 0 Å². The molecule has 28 heavy (non-hydrogen) atoms. The summed E-state index contributed by atoms with van der Waals surface area (Å²) in [5.74, 6) is -2.60. The first kappa shape index (κ1) is 22.1. The second-order valence-corrected chi connectivity index (χ2v) is 8.71. The largest absolute Gasteiger partial charge is 0.364 e. The molecule has 9 heteroatoms. The Kier molecular flexibility index (Phi) is 6.84. The van der Waals surface area contributed by atoms with Crippen LogP contribution in [0.2, 0.25) is 0 Å². The van der Waals surface area contributed by atoms with Crippen molar-refractivity contribution in [1.82, 2.24) is 0 Å². The summed E-state index contributed by atoms with van der Waals surface area (Å²) in [4.78, 5) is 0. The first-order chi connectivity index (χ1) is 13.1. The lowest BCUT2D eigenvalue weighted by Crippen LogP contribution is -2.52. The number of alkyl halides is 7. The maximum absolute atomic E-state index is 14.6. The molecule has 0 saturated heterocycles. The maximum atomic E-state index is 14.6. The molecule has 0 aromatic rings. The quantitative estimate of drug-likeness (QED) is 0.652. The summed E-state index contributed by atoms with van der Waals surface area (Å²) >= 11 is 0. The van der Waals surface area contributed by atoms with Crippen molar-refractivity contribution in [2.45, 2.75) is 100 Å². The van der Waals surface area contributed by atoms with Gasteiger partial charge in [0.25, 0.3) is 0 Å². The van der Waals surface area contributed by atoms with Gasteiger partial charge in [0.1, 0.15) is 30.6 Å². The predicted molar refractivity (Wildman–Crippen MR) is 89.7 cm³/mol. The molecule has 0 bridgehead atoms. The number of hydrogen-bond acceptors (Lipinski definition) is 2. The molecule has 3 rings (SSSR count). The zero-order chi connectivity index (χ0) is 20.6. The average Bonchev–Trinajstić information content (AvgIpc) is 2.59. The molecule has 3 saturated carbocycles. The van der Waals surface area contributed by atoms with Gasteiger partial charge in [-0.15, -0.1) is 0 Å². The number of rotatable bonds is 4. The number of hydrogen-bond donors (Lipinski definition) is 1. The maximum Gasteiger partial charge on any atom is 0.364 e. The first-order valence-electron chi connectivity index (χ1n) is 10.1. The van der Waals surface area contributed by atoms with Crippen molar-refractivity contribution in [2.75, 3.05) is 0 Å². The van der Waals surface area contributed by atoms with Gasteiger partial charge in [-0.25, -0.2) is 22.0 Å². The van der Waals surface area contributed by atoms with Crippen molar-refractivity contribution >= 4 is 0 Å². The molecular formula is C19H28F7NO. The lowest BCUT2D eigenvalue weighted by atomic mass is 9.68. The summed E-state index contributed by atoms with van der Waals surface area (Å²) in [6, 6.07) is 0.0748. The van der Waals surface area contributed by atoms with Crippen LogP contribution in [0.15, 0.2) is 0 Å².